The molecule has 2 aliphatic heterocycles. The number of Topliss-reactive ketones (excluding diaryl/α,β-unsaturated/α-hetero) is 4. The predicted octanol–water partition coefficient (Wildman–Crippen LogP) is 1.07. The zero-order valence-electron chi connectivity index (χ0n) is 42.8. The van der Waals surface area contributed by atoms with Crippen molar-refractivity contribution in [1.82, 2.24) is 35.5 Å². The molecule has 0 spiro atoms. The monoisotopic (exact) mass is 1130 g/mol. The number of carbonyl (C=O) groups excluding carboxylic acids is 7. The molecule has 7 rings (SSSR count). The zero-order chi connectivity index (χ0) is 57.5. The number of amides is 3. The number of aliphatic carboxylic acids is 3. The Morgan fingerprint density at radius 2 is 1.65 bits per heavy atom. The van der Waals surface area contributed by atoms with Crippen LogP contribution in [0.15, 0.2) is 57.7 Å². The Bertz CT molecular complexity index is 3100. The summed E-state index contributed by atoms with van der Waals surface area (Å²) in [6.07, 6.45) is -0.885. The third kappa shape index (κ3) is 13.6. The first kappa shape index (κ1) is 58.9. The highest BCUT2D eigenvalue weighted by Gasteiger charge is 2.72. The third-order valence-electron chi connectivity index (χ3n) is 14.3. The summed E-state index contributed by atoms with van der Waals surface area (Å²) in [5.74, 6) is -9.83. The number of H-pyrrole nitrogens is 1. The summed E-state index contributed by atoms with van der Waals surface area (Å²) in [4.78, 5) is 157. The van der Waals surface area contributed by atoms with E-state index in [1.54, 1.807) is 19.1 Å². The number of primary amides is 1. The molecular weight excluding hydrogens is 1070 g/mol. The first-order valence-corrected chi connectivity index (χ1v) is 27.5. The van der Waals surface area contributed by atoms with Gasteiger partial charge in [-0.05, 0) is 69.2 Å². The number of fused-ring (bicyclic) bond motifs is 5. The van der Waals surface area contributed by atoms with Gasteiger partial charge in [0, 0.05) is 78.3 Å². The molecule has 1 saturated heterocycles. The molecule has 0 bridgehead atoms. The molecule has 79 heavy (non-hydrogen) atoms. The number of allylic oxidation sites excluding steroid dienone is 2. The minimum Gasteiger partial charge on any atom is -0.481 e. The first-order valence-electron chi connectivity index (χ1n) is 25.0. The molecule has 2 fully saturated rings. The van der Waals surface area contributed by atoms with Crippen molar-refractivity contribution in [1.29, 1.82) is 0 Å². The van der Waals surface area contributed by atoms with Crippen molar-refractivity contribution in [3.8, 4) is 0 Å². The van der Waals surface area contributed by atoms with Gasteiger partial charge in [-0.15, -0.1) is 0 Å². The van der Waals surface area contributed by atoms with Crippen LogP contribution in [-0.2, 0) is 54.4 Å². The van der Waals surface area contributed by atoms with Gasteiger partial charge >= 0.3 is 24.0 Å². The molecule has 13 N–H and O–H groups in total. The SMILES string of the molecule is CO[C@@]12[C@H](COC(N)=O)C3=C(C(=O)C(C)=C(CCCSSC[C@@H](NC(=O)[C@@H](CC(=O)O)CC(=O)[C@H](N)CCC(=O)CC[C@@H](NC(=O)c4ccc(NCc5cnc6nc(N)[nH]c(=O)c6n5)cc4)C(=O)O)C(=O)O)C3=O)N1C[C@@H]1C[C@@H]12. The number of methoxy groups -OCH3 is 1. The van der Waals surface area contributed by atoms with Crippen LogP contribution in [0.2, 0.25) is 0 Å². The number of hydrogen-bond donors (Lipinski definition) is 10. The molecule has 29 heteroatoms. The Morgan fingerprint density at radius 1 is 0.937 bits per heavy atom. The summed E-state index contributed by atoms with van der Waals surface area (Å²) >= 11 is 0. The average molecular weight is 1130 g/mol. The number of benzene rings is 1. The quantitative estimate of drug-likeness (QED) is 0.0253. The summed E-state index contributed by atoms with van der Waals surface area (Å²) in [6, 6.07) is 1.66. The molecule has 1 saturated carbocycles. The van der Waals surface area contributed by atoms with Gasteiger partial charge < -0.3 is 62.8 Å². The Kier molecular flexibility index (Phi) is 18.9. The second-order valence-electron chi connectivity index (χ2n) is 19.5. The topological polar surface area (TPSA) is 439 Å². The van der Waals surface area contributed by atoms with Crippen LogP contribution >= 0.6 is 21.6 Å². The number of carboxylic acids is 3. The fourth-order valence-corrected chi connectivity index (χ4v) is 12.4. The number of nitrogen functional groups attached to an aromatic ring is 1. The van der Waals surface area contributed by atoms with Crippen LogP contribution in [0.4, 0.5) is 16.4 Å². The minimum absolute atomic E-state index is 0.000972. The molecule has 2 aromatic heterocycles. The summed E-state index contributed by atoms with van der Waals surface area (Å²) in [5, 5.41) is 37.0. The van der Waals surface area contributed by atoms with Crippen LogP contribution in [0.3, 0.4) is 0 Å². The van der Waals surface area contributed by atoms with Gasteiger partial charge in [0.1, 0.15) is 30.3 Å². The van der Waals surface area contributed by atoms with E-state index in [9.17, 15) is 68.1 Å². The Hall–Kier alpha value is -7.76. The summed E-state index contributed by atoms with van der Waals surface area (Å²) < 4.78 is 11.3. The van der Waals surface area contributed by atoms with E-state index in [1.807, 2.05) is 4.90 Å². The molecule has 0 radical (unpaired) electrons. The van der Waals surface area contributed by atoms with E-state index >= 15 is 0 Å². The smallest absolute Gasteiger partial charge is 0.404 e. The van der Waals surface area contributed by atoms with Crippen molar-refractivity contribution < 1.29 is 72.7 Å². The van der Waals surface area contributed by atoms with E-state index in [0.29, 0.717) is 41.2 Å². The fraction of sp³-hybridized carbons (Fsp3) is 0.480. The first-order chi connectivity index (χ1) is 37.5. The number of hydrogen-bond acceptors (Lipinski definition) is 22. The van der Waals surface area contributed by atoms with Crippen molar-refractivity contribution in [3.63, 3.8) is 0 Å². The summed E-state index contributed by atoms with van der Waals surface area (Å²) in [6.45, 7) is 2.02. The van der Waals surface area contributed by atoms with Crippen LogP contribution in [0.1, 0.15) is 80.8 Å². The van der Waals surface area contributed by atoms with E-state index in [0.717, 1.165) is 17.2 Å². The fourth-order valence-electron chi connectivity index (χ4n) is 10.2. The number of ether oxygens (including phenoxy) is 2. The molecule has 27 nitrogen and oxygen atoms in total. The molecular formula is C50H59N11O16S2. The second-order valence-corrected chi connectivity index (χ2v) is 22.1. The van der Waals surface area contributed by atoms with E-state index in [2.05, 4.69) is 35.9 Å². The van der Waals surface area contributed by atoms with Gasteiger partial charge in [0.15, 0.2) is 22.7 Å². The molecule has 4 aliphatic rings. The van der Waals surface area contributed by atoms with Gasteiger partial charge in [-0.2, -0.15) is 4.98 Å². The van der Waals surface area contributed by atoms with Crippen LogP contribution in [-0.4, -0.2) is 155 Å². The van der Waals surface area contributed by atoms with Gasteiger partial charge in [-0.3, -0.25) is 43.3 Å². The number of aromatic nitrogens is 4. The number of nitrogens with zero attached hydrogens (tertiary/aromatic N) is 4. The highest BCUT2D eigenvalue weighted by atomic mass is 33.1. The predicted molar refractivity (Wildman–Crippen MR) is 282 cm³/mol. The minimum atomic E-state index is -1.53. The normalized spacial score (nSPS) is 20.6. The maximum atomic E-state index is 14.1. The summed E-state index contributed by atoms with van der Waals surface area (Å²) in [7, 11) is 3.83. The van der Waals surface area contributed by atoms with Crippen molar-refractivity contribution in [3.05, 3.63) is 74.5 Å². The lowest BCUT2D eigenvalue weighted by Crippen LogP contribution is -2.51. The average Bonchev–Trinajstić information content (AvgIpc) is 3.78. The van der Waals surface area contributed by atoms with E-state index in [1.165, 1.54) is 36.2 Å². The van der Waals surface area contributed by atoms with Crippen LogP contribution in [0.5, 0.6) is 0 Å². The number of rotatable bonds is 30. The van der Waals surface area contributed by atoms with E-state index in [-0.39, 0.29) is 108 Å². The number of nitrogens with two attached hydrogens (primary N) is 3. The Morgan fingerprint density at radius 3 is 2.32 bits per heavy atom. The lowest BCUT2D eigenvalue weighted by atomic mass is 9.79. The molecule has 2 aliphatic carbocycles. The lowest BCUT2D eigenvalue weighted by Gasteiger charge is -2.40. The zero-order valence-corrected chi connectivity index (χ0v) is 44.4. The van der Waals surface area contributed by atoms with Crippen molar-refractivity contribution in [2.24, 2.45) is 35.1 Å². The third-order valence-corrected chi connectivity index (χ3v) is 16.8. The molecule has 422 valence electrons. The number of aromatic amines is 1. The maximum Gasteiger partial charge on any atom is 0.404 e. The van der Waals surface area contributed by atoms with Gasteiger partial charge in [0.2, 0.25) is 17.6 Å². The number of nitrogens with one attached hydrogen (secondary N) is 4. The van der Waals surface area contributed by atoms with Crippen molar-refractivity contribution in [2.75, 3.05) is 42.8 Å². The number of carboxylic acid groups (broad SMARTS) is 3. The second kappa shape index (κ2) is 25.4. The Balaban J connectivity index is 0.822. The van der Waals surface area contributed by atoms with Gasteiger partial charge in [0.05, 0.1) is 48.4 Å². The highest BCUT2D eigenvalue weighted by molar-refractivity contribution is 8.76. The lowest BCUT2D eigenvalue weighted by molar-refractivity contribution is -0.146. The van der Waals surface area contributed by atoms with Gasteiger partial charge in [0.25, 0.3) is 11.5 Å². The largest absolute Gasteiger partial charge is 0.481 e. The molecule has 3 aromatic rings. The molecule has 4 heterocycles. The maximum absolute atomic E-state index is 14.1. The standard InChI is InChI=1S/C50H59N11O16S2/c1-22-29(41(67)37-31(20-77-49(53)75)50(76-2)30-14-25(30)19-61(50)39(37)40(22)66)4-3-13-78-79-21-34(47(73)74)58-44(69)24(16-36(64)65)15-35(63)32(51)11-9-28(62)10-12-33(46(71)72)57-43(68)23-5-7-26(8-6-23)54-17-27-18-55-42-38(56-27)45(70)60-48(52)59-42/h5-8,18,24-25,30-34,54H,3-4,9-17,19-21,51H2,1-2H3,(H2,53,75)(H,57,68)(H,58,69)(H,64,65)(H,71,72)(H,73,74)(H3,52,55,59,60,70)/t24-,25+,30+,31-,32-,33-,34-,50+/m1/s1. The Labute approximate surface area is 457 Å². The number of piperidine rings is 1. The van der Waals surface area contributed by atoms with Crippen LogP contribution in [0, 0.1) is 23.7 Å². The number of carbonyl (C=O) groups is 10. The molecule has 0 unspecified atom stereocenters. The van der Waals surface area contributed by atoms with Crippen molar-refractivity contribution >= 4 is 103 Å². The number of ketones is 4. The number of anilines is 2. The summed E-state index contributed by atoms with van der Waals surface area (Å²) in [5.41, 5.74) is 17.6. The van der Waals surface area contributed by atoms with Gasteiger partial charge in [-0.25, -0.2) is 24.4 Å². The van der Waals surface area contributed by atoms with Crippen LogP contribution < -0.4 is 38.7 Å². The highest BCUT2D eigenvalue weighted by Crippen LogP contribution is 2.65. The van der Waals surface area contributed by atoms with Gasteiger partial charge in [-0.1, -0.05) is 21.6 Å². The molecule has 8 atom stereocenters. The van der Waals surface area contributed by atoms with E-state index in [4.69, 9.17) is 26.7 Å². The molecule has 3 amide bonds. The van der Waals surface area contributed by atoms with Crippen LogP contribution in [0.25, 0.3) is 11.2 Å². The van der Waals surface area contributed by atoms with E-state index < -0.39 is 101 Å². The molecule has 1 aromatic carbocycles. The van der Waals surface area contributed by atoms with Crippen molar-refractivity contribution in [2.45, 2.75) is 95.1 Å².